The Morgan fingerprint density at radius 3 is 3.15 bits per heavy atom. The minimum Gasteiger partial charge on any atom is -0.396 e. The van der Waals surface area contributed by atoms with Crippen LogP contribution in [0.4, 0.5) is 0 Å². The number of ether oxygens (including phenoxy) is 2. The zero-order chi connectivity index (χ0) is 9.52. The van der Waals surface area contributed by atoms with Crippen LogP contribution in [0.25, 0.3) is 0 Å². The van der Waals surface area contributed by atoms with E-state index in [2.05, 4.69) is 5.32 Å². The molecule has 4 nitrogen and oxygen atoms in total. The first-order chi connectivity index (χ1) is 6.33. The van der Waals surface area contributed by atoms with E-state index in [0.29, 0.717) is 13.2 Å². The van der Waals surface area contributed by atoms with E-state index in [4.69, 9.17) is 14.6 Å². The van der Waals surface area contributed by atoms with Gasteiger partial charge in [0.25, 0.3) is 0 Å². The average Bonchev–Trinajstić information content (AvgIpc) is 2.19. The lowest BCUT2D eigenvalue weighted by Gasteiger charge is -2.23. The molecule has 0 aromatic carbocycles. The summed E-state index contributed by atoms with van der Waals surface area (Å²) in [6.45, 7) is 5.94. The van der Waals surface area contributed by atoms with Gasteiger partial charge in [-0.05, 0) is 0 Å². The Balaban J connectivity index is 1.98. The molecule has 0 spiro atoms. The lowest BCUT2D eigenvalue weighted by atomic mass is 10.2. The first-order valence-electron chi connectivity index (χ1n) is 4.84. The van der Waals surface area contributed by atoms with Gasteiger partial charge in [-0.2, -0.15) is 0 Å². The fraction of sp³-hybridized carbons (Fsp3) is 1.00. The molecule has 13 heavy (non-hydrogen) atoms. The molecule has 0 aliphatic carbocycles. The quantitative estimate of drug-likeness (QED) is 0.619. The lowest BCUT2D eigenvalue weighted by Crippen LogP contribution is -2.41. The second-order valence-electron chi connectivity index (χ2n) is 3.52. The Labute approximate surface area is 79.2 Å². The van der Waals surface area contributed by atoms with E-state index in [0.717, 1.165) is 19.7 Å². The smallest absolute Gasteiger partial charge is 0.0933 e. The maximum Gasteiger partial charge on any atom is 0.0933 e. The first kappa shape index (κ1) is 10.9. The van der Waals surface area contributed by atoms with Crippen molar-refractivity contribution >= 4 is 0 Å². The summed E-state index contributed by atoms with van der Waals surface area (Å²) in [6.07, 6.45) is 0.180. The second-order valence-corrected chi connectivity index (χ2v) is 3.52. The van der Waals surface area contributed by atoms with Gasteiger partial charge in [-0.3, -0.25) is 0 Å². The Morgan fingerprint density at radius 2 is 2.54 bits per heavy atom. The van der Waals surface area contributed by atoms with Crippen LogP contribution >= 0.6 is 0 Å². The summed E-state index contributed by atoms with van der Waals surface area (Å²) in [5, 5.41) is 12.0. The number of aliphatic hydroxyl groups is 1. The van der Waals surface area contributed by atoms with Crippen molar-refractivity contribution in [3.05, 3.63) is 0 Å². The number of hydrogen-bond acceptors (Lipinski definition) is 4. The summed E-state index contributed by atoms with van der Waals surface area (Å²) >= 11 is 0. The third-order valence-electron chi connectivity index (χ3n) is 2.02. The van der Waals surface area contributed by atoms with Crippen LogP contribution in [0.5, 0.6) is 0 Å². The highest BCUT2D eigenvalue weighted by molar-refractivity contribution is 4.66. The molecule has 2 N–H and O–H groups in total. The molecule has 1 aliphatic heterocycles. The van der Waals surface area contributed by atoms with Crippen molar-refractivity contribution < 1.29 is 14.6 Å². The van der Waals surface area contributed by atoms with Gasteiger partial charge >= 0.3 is 0 Å². The Kier molecular flexibility index (Phi) is 5.31. The predicted molar refractivity (Wildman–Crippen MR) is 49.7 cm³/mol. The normalized spacial score (nSPS) is 25.8. The van der Waals surface area contributed by atoms with Gasteiger partial charge in [-0.25, -0.2) is 0 Å². The largest absolute Gasteiger partial charge is 0.396 e. The molecule has 0 saturated carbocycles. The Morgan fingerprint density at radius 1 is 1.69 bits per heavy atom. The molecule has 1 saturated heterocycles. The average molecular weight is 189 g/mol. The topological polar surface area (TPSA) is 50.7 Å². The predicted octanol–water partition coefficient (Wildman–Crippen LogP) is -0.380. The molecule has 0 radical (unpaired) electrons. The molecule has 4 heteroatoms. The summed E-state index contributed by atoms with van der Waals surface area (Å²) < 4.78 is 10.8. The van der Waals surface area contributed by atoms with Crippen molar-refractivity contribution in [3.63, 3.8) is 0 Å². The van der Waals surface area contributed by atoms with Crippen LogP contribution in [0.2, 0.25) is 0 Å². The van der Waals surface area contributed by atoms with E-state index in [1.807, 2.05) is 6.92 Å². The zero-order valence-corrected chi connectivity index (χ0v) is 8.16. The van der Waals surface area contributed by atoms with Gasteiger partial charge < -0.3 is 19.9 Å². The molecule has 2 unspecified atom stereocenters. The number of rotatable bonds is 5. The Hall–Kier alpha value is -0.160. The SMILES string of the molecule is CC(CO)COCC1CNCCO1. The molecule has 0 aromatic rings. The van der Waals surface area contributed by atoms with Crippen LogP contribution in [-0.4, -0.2) is 50.7 Å². The number of nitrogens with one attached hydrogen (secondary N) is 1. The van der Waals surface area contributed by atoms with Crippen LogP contribution in [-0.2, 0) is 9.47 Å². The molecule has 0 amide bonds. The van der Waals surface area contributed by atoms with Gasteiger partial charge in [0.1, 0.15) is 0 Å². The van der Waals surface area contributed by atoms with Crippen LogP contribution in [0.1, 0.15) is 6.92 Å². The third-order valence-corrected chi connectivity index (χ3v) is 2.02. The highest BCUT2D eigenvalue weighted by Gasteiger charge is 2.13. The minimum absolute atomic E-state index is 0.180. The first-order valence-corrected chi connectivity index (χ1v) is 4.84. The van der Waals surface area contributed by atoms with Crippen LogP contribution < -0.4 is 5.32 Å². The fourth-order valence-corrected chi connectivity index (χ4v) is 1.18. The van der Waals surface area contributed by atoms with Crippen molar-refractivity contribution in [1.82, 2.24) is 5.32 Å². The molecule has 78 valence electrons. The summed E-state index contributed by atoms with van der Waals surface area (Å²) in [5.41, 5.74) is 0. The highest BCUT2D eigenvalue weighted by Crippen LogP contribution is 1.99. The molecule has 2 atom stereocenters. The van der Waals surface area contributed by atoms with Crippen molar-refractivity contribution in [2.24, 2.45) is 5.92 Å². The molecule has 0 aromatic heterocycles. The molecule has 1 rings (SSSR count). The minimum atomic E-state index is 0.180. The van der Waals surface area contributed by atoms with Crippen LogP contribution in [0, 0.1) is 5.92 Å². The zero-order valence-electron chi connectivity index (χ0n) is 8.16. The number of aliphatic hydroxyl groups excluding tert-OH is 1. The van der Waals surface area contributed by atoms with Gasteiger partial charge in [-0.1, -0.05) is 6.92 Å². The molecule has 0 bridgehead atoms. The van der Waals surface area contributed by atoms with Gasteiger partial charge in [0.2, 0.25) is 0 Å². The maximum absolute atomic E-state index is 8.75. The molecular weight excluding hydrogens is 170 g/mol. The Bertz CT molecular complexity index is 126. The summed E-state index contributed by atoms with van der Waals surface area (Å²) in [7, 11) is 0. The molecular formula is C9H19NO3. The number of hydrogen-bond donors (Lipinski definition) is 2. The standard InChI is InChI=1S/C9H19NO3/c1-8(5-11)6-12-7-9-4-10-2-3-13-9/h8-11H,2-7H2,1H3. The molecule has 1 aliphatic rings. The van der Waals surface area contributed by atoms with E-state index in [1.54, 1.807) is 0 Å². The maximum atomic E-state index is 8.75. The van der Waals surface area contributed by atoms with Crippen LogP contribution in [0.15, 0.2) is 0 Å². The van der Waals surface area contributed by atoms with Gasteiger partial charge in [-0.15, -0.1) is 0 Å². The van der Waals surface area contributed by atoms with Crippen molar-refractivity contribution in [2.75, 3.05) is 39.5 Å². The summed E-state index contributed by atoms with van der Waals surface area (Å²) in [6, 6.07) is 0. The van der Waals surface area contributed by atoms with E-state index in [-0.39, 0.29) is 18.6 Å². The number of morpholine rings is 1. The van der Waals surface area contributed by atoms with Crippen molar-refractivity contribution in [1.29, 1.82) is 0 Å². The summed E-state index contributed by atoms with van der Waals surface area (Å²) in [5.74, 6) is 0.219. The van der Waals surface area contributed by atoms with E-state index in [1.165, 1.54) is 0 Å². The third kappa shape index (κ3) is 4.57. The van der Waals surface area contributed by atoms with E-state index in [9.17, 15) is 0 Å². The lowest BCUT2D eigenvalue weighted by molar-refractivity contribution is -0.0401. The van der Waals surface area contributed by atoms with Gasteiger partial charge in [0, 0.05) is 25.6 Å². The van der Waals surface area contributed by atoms with Crippen LogP contribution in [0.3, 0.4) is 0 Å². The monoisotopic (exact) mass is 189 g/mol. The van der Waals surface area contributed by atoms with Gasteiger partial charge in [0.05, 0.1) is 25.9 Å². The molecule has 1 heterocycles. The van der Waals surface area contributed by atoms with Crippen molar-refractivity contribution in [3.8, 4) is 0 Å². The fourth-order valence-electron chi connectivity index (χ4n) is 1.18. The van der Waals surface area contributed by atoms with Crippen molar-refractivity contribution in [2.45, 2.75) is 13.0 Å². The van der Waals surface area contributed by atoms with E-state index < -0.39 is 0 Å². The molecule has 1 fully saturated rings. The highest BCUT2D eigenvalue weighted by atomic mass is 16.5. The summed E-state index contributed by atoms with van der Waals surface area (Å²) in [4.78, 5) is 0. The van der Waals surface area contributed by atoms with Gasteiger partial charge in [0.15, 0.2) is 0 Å². The second kappa shape index (κ2) is 6.32. The van der Waals surface area contributed by atoms with E-state index >= 15 is 0 Å².